The van der Waals surface area contributed by atoms with Crippen LogP contribution in [0, 0.1) is 18.6 Å². The van der Waals surface area contributed by atoms with E-state index in [2.05, 4.69) is 30.4 Å². The van der Waals surface area contributed by atoms with Crippen LogP contribution in [-0.4, -0.2) is 0 Å². The van der Waals surface area contributed by atoms with E-state index < -0.39 is 0 Å². The molecule has 0 heterocycles. The molecule has 0 aliphatic heterocycles. The van der Waals surface area contributed by atoms with Gasteiger partial charge >= 0.3 is 0 Å². The first-order chi connectivity index (χ1) is 11.6. The maximum Gasteiger partial charge on any atom is 0.123 e. The molecule has 0 amide bonds. The van der Waals surface area contributed by atoms with Crippen LogP contribution in [0.2, 0.25) is 0 Å². The van der Waals surface area contributed by atoms with Gasteiger partial charge in [-0.3, -0.25) is 0 Å². The summed E-state index contributed by atoms with van der Waals surface area (Å²) >= 11 is 0. The Bertz CT molecular complexity index is 808. The SMILES string of the molecule is Cc1cc(CNCc2ccc(F)cc2)cc(-c2ccc(F)cc2)c1. The molecule has 0 aliphatic carbocycles. The number of rotatable bonds is 5. The highest BCUT2D eigenvalue weighted by molar-refractivity contribution is 5.65. The zero-order valence-corrected chi connectivity index (χ0v) is 13.5. The van der Waals surface area contributed by atoms with E-state index in [1.807, 2.05) is 0 Å². The highest BCUT2D eigenvalue weighted by Crippen LogP contribution is 2.22. The van der Waals surface area contributed by atoms with Crippen LogP contribution < -0.4 is 5.32 Å². The normalized spacial score (nSPS) is 10.8. The first kappa shape index (κ1) is 16.3. The molecule has 0 atom stereocenters. The largest absolute Gasteiger partial charge is 0.309 e. The second-order valence-corrected chi connectivity index (χ2v) is 5.94. The number of hydrogen-bond donors (Lipinski definition) is 1. The molecule has 0 fully saturated rings. The number of aryl methyl sites for hydroxylation is 1. The second kappa shape index (κ2) is 7.37. The summed E-state index contributed by atoms with van der Waals surface area (Å²) in [6, 6.07) is 19.4. The maximum absolute atomic E-state index is 13.1. The van der Waals surface area contributed by atoms with Crippen LogP contribution in [-0.2, 0) is 13.1 Å². The van der Waals surface area contributed by atoms with Crippen molar-refractivity contribution in [1.82, 2.24) is 5.32 Å². The van der Waals surface area contributed by atoms with E-state index in [1.165, 1.54) is 24.3 Å². The van der Waals surface area contributed by atoms with Gasteiger partial charge in [-0.1, -0.05) is 42.0 Å². The Morgan fingerprint density at radius 1 is 0.667 bits per heavy atom. The quantitative estimate of drug-likeness (QED) is 0.678. The van der Waals surface area contributed by atoms with Gasteiger partial charge in [0.1, 0.15) is 11.6 Å². The molecule has 3 heteroatoms. The Labute approximate surface area is 141 Å². The summed E-state index contributed by atoms with van der Waals surface area (Å²) in [6.07, 6.45) is 0. The van der Waals surface area contributed by atoms with Crippen LogP contribution in [0.1, 0.15) is 16.7 Å². The first-order valence-corrected chi connectivity index (χ1v) is 7.92. The van der Waals surface area contributed by atoms with E-state index in [1.54, 1.807) is 24.3 Å². The van der Waals surface area contributed by atoms with Crippen LogP contribution in [0.4, 0.5) is 8.78 Å². The van der Waals surface area contributed by atoms with Gasteiger partial charge in [-0.05, 0) is 59.5 Å². The predicted octanol–water partition coefficient (Wildman–Crippen LogP) is 5.23. The predicted molar refractivity (Wildman–Crippen MR) is 93.5 cm³/mol. The molecule has 0 radical (unpaired) electrons. The molecule has 3 aromatic rings. The van der Waals surface area contributed by atoms with Crippen molar-refractivity contribution in [3.8, 4) is 11.1 Å². The Morgan fingerprint density at radius 3 is 1.92 bits per heavy atom. The molecule has 0 unspecified atom stereocenters. The van der Waals surface area contributed by atoms with Crippen LogP contribution in [0.3, 0.4) is 0 Å². The van der Waals surface area contributed by atoms with Gasteiger partial charge in [-0.15, -0.1) is 0 Å². The minimum absolute atomic E-state index is 0.221. The summed E-state index contributed by atoms with van der Waals surface area (Å²) < 4.78 is 26.0. The van der Waals surface area contributed by atoms with Gasteiger partial charge in [0.2, 0.25) is 0 Å². The zero-order valence-electron chi connectivity index (χ0n) is 13.5. The van der Waals surface area contributed by atoms with Crippen molar-refractivity contribution in [3.63, 3.8) is 0 Å². The molecule has 122 valence electrons. The van der Waals surface area contributed by atoms with Crippen LogP contribution in [0.15, 0.2) is 66.7 Å². The molecule has 0 bridgehead atoms. The summed E-state index contributed by atoms with van der Waals surface area (Å²) in [5, 5.41) is 3.37. The smallest absolute Gasteiger partial charge is 0.123 e. The summed E-state index contributed by atoms with van der Waals surface area (Å²) in [7, 11) is 0. The van der Waals surface area contributed by atoms with E-state index in [0.717, 1.165) is 27.8 Å². The van der Waals surface area contributed by atoms with Crippen molar-refractivity contribution in [2.75, 3.05) is 0 Å². The van der Waals surface area contributed by atoms with Gasteiger partial charge in [0.15, 0.2) is 0 Å². The first-order valence-electron chi connectivity index (χ1n) is 7.92. The number of halogens is 2. The highest BCUT2D eigenvalue weighted by atomic mass is 19.1. The fourth-order valence-electron chi connectivity index (χ4n) is 2.73. The van der Waals surface area contributed by atoms with Crippen molar-refractivity contribution in [1.29, 1.82) is 0 Å². The van der Waals surface area contributed by atoms with Gasteiger partial charge < -0.3 is 5.32 Å². The lowest BCUT2D eigenvalue weighted by Crippen LogP contribution is -2.12. The van der Waals surface area contributed by atoms with E-state index >= 15 is 0 Å². The standard InChI is InChI=1S/C21H19F2N/c1-15-10-17(14-24-13-16-2-6-20(22)7-3-16)12-19(11-15)18-4-8-21(23)9-5-18/h2-12,24H,13-14H2,1H3. The Morgan fingerprint density at radius 2 is 1.25 bits per heavy atom. The summed E-state index contributed by atoms with van der Waals surface area (Å²) in [6.45, 7) is 3.45. The summed E-state index contributed by atoms with van der Waals surface area (Å²) in [4.78, 5) is 0. The molecule has 1 nitrogen and oxygen atoms in total. The Hall–Kier alpha value is -2.52. The van der Waals surface area contributed by atoms with Crippen LogP contribution >= 0.6 is 0 Å². The topological polar surface area (TPSA) is 12.0 Å². The third kappa shape index (κ3) is 4.27. The maximum atomic E-state index is 13.1. The summed E-state index contributed by atoms with van der Waals surface area (Å²) in [5.74, 6) is -0.450. The molecule has 0 aliphatic rings. The molecule has 0 aromatic heterocycles. The van der Waals surface area contributed by atoms with Crippen LogP contribution in [0.25, 0.3) is 11.1 Å². The van der Waals surface area contributed by atoms with E-state index in [0.29, 0.717) is 13.1 Å². The monoisotopic (exact) mass is 323 g/mol. The highest BCUT2D eigenvalue weighted by Gasteiger charge is 2.03. The van der Waals surface area contributed by atoms with Crippen LogP contribution in [0.5, 0.6) is 0 Å². The fourth-order valence-corrected chi connectivity index (χ4v) is 2.73. The molecule has 0 saturated carbocycles. The third-order valence-corrected chi connectivity index (χ3v) is 3.89. The third-order valence-electron chi connectivity index (χ3n) is 3.89. The number of benzene rings is 3. The summed E-state index contributed by atoms with van der Waals surface area (Å²) in [5.41, 5.74) is 5.45. The lowest BCUT2D eigenvalue weighted by atomic mass is 10.00. The molecular formula is C21H19F2N. The Balaban J connectivity index is 1.69. The van der Waals surface area contributed by atoms with Crippen molar-refractivity contribution < 1.29 is 8.78 Å². The average molecular weight is 323 g/mol. The Kier molecular flexibility index (Phi) is 5.02. The van der Waals surface area contributed by atoms with Crippen molar-refractivity contribution in [3.05, 3.63) is 95.1 Å². The molecule has 0 saturated heterocycles. The molecule has 3 aromatic carbocycles. The number of hydrogen-bond acceptors (Lipinski definition) is 1. The number of nitrogens with one attached hydrogen (secondary N) is 1. The fraction of sp³-hybridized carbons (Fsp3) is 0.143. The van der Waals surface area contributed by atoms with Crippen molar-refractivity contribution in [2.45, 2.75) is 20.0 Å². The van der Waals surface area contributed by atoms with E-state index in [9.17, 15) is 8.78 Å². The van der Waals surface area contributed by atoms with E-state index in [4.69, 9.17) is 0 Å². The minimum Gasteiger partial charge on any atom is -0.309 e. The molecule has 3 rings (SSSR count). The van der Waals surface area contributed by atoms with Gasteiger partial charge in [-0.2, -0.15) is 0 Å². The van der Waals surface area contributed by atoms with Gasteiger partial charge in [0, 0.05) is 13.1 Å². The molecular weight excluding hydrogens is 304 g/mol. The van der Waals surface area contributed by atoms with Gasteiger partial charge in [0.05, 0.1) is 0 Å². The minimum atomic E-state index is -0.229. The van der Waals surface area contributed by atoms with E-state index in [-0.39, 0.29) is 11.6 Å². The lowest BCUT2D eigenvalue weighted by molar-refractivity contribution is 0.625. The second-order valence-electron chi connectivity index (χ2n) is 5.94. The lowest BCUT2D eigenvalue weighted by Gasteiger charge is -2.10. The van der Waals surface area contributed by atoms with Crippen molar-refractivity contribution >= 4 is 0 Å². The van der Waals surface area contributed by atoms with Gasteiger partial charge in [-0.25, -0.2) is 8.78 Å². The van der Waals surface area contributed by atoms with Gasteiger partial charge in [0.25, 0.3) is 0 Å². The van der Waals surface area contributed by atoms with Crippen molar-refractivity contribution in [2.24, 2.45) is 0 Å². The molecule has 0 spiro atoms. The molecule has 1 N–H and O–H groups in total. The zero-order chi connectivity index (χ0) is 16.9. The average Bonchev–Trinajstić information content (AvgIpc) is 2.57. The molecule has 24 heavy (non-hydrogen) atoms.